The molecule has 0 saturated carbocycles. The average Bonchev–Trinajstić information content (AvgIpc) is 2.31. The second-order valence-corrected chi connectivity index (χ2v) is 4.37. The standard InChI is InChI=1S/C12H9BrN2O3/c13-11-2-1-8(6-14-11)15-12(18)7-3-9(16)5-10(17)4-7/h1-6,16-17H,(H,15,18). The van der Waals surface area contributed by atoms with E-state index < -0.39 is 5.91 Å². The largest absolute Gasteiger partial charge is 0.508 e. The van der Waals surface area contributed by atoms with Crippen molar-refractivity contribution >= 4 is 27.5 Å². The van der Waals surface area contributed by atoms with Gasteiger partial charge in [-0.15, -0.1) is 0 Å². The van der Waals surface area contributed by atoms with E-state index in [9.17, 15) is 15.0 Å². The highest BCUT2D eigenvalue weighted by atomic mass is 79.9. The zero-order chi connectivity index (χ0) is 13.1. The van der Waals surface area contributed by atoms with Crippen LogP contribution in [-0.4, -0.2) is 21.1 Å². The molecule has 1 amide bonds. The number of halogens is 1. The number of nitrogens with zero attached hydrogens (tertiary/aromatic N) is 1. The summed E-state index contributed by atoms with van der Waals surface area (Å²) < 4.78 is 0.662. The van der Waals surface area contributed by atoms with Crippen molar-refractivity contribution in [3.63, 3.8) is 0 Å². The number of anilines is 1. The highest BCUT2D eigenvalue weighted by Crippen LogP contribution is 2.21. The number of pyridine rings is 1. The maximum atomic E-state index is 11.8. The Kier molecular flexibility index (Phi) is 3.47. The van der Waals surface area contributed by atoms with Crippen molar-refractivity contribution in [2.75, 3.05) is 5.32 Å². The van der Waals surface area contributed by atoms with Gasteiger partial charge in [0.1, 0.15) is 16.1 Å². The van der Waals surface area contributed by atoms with Gasteiger partial charge in [-0.1, -0.05) is 0 Å². The number of carbonyl (C=O) groups excluding carboxylic acids is 1. The van der Waals surface area contributed by atoms with Gasteiger partial charge < -0.3 is 15.5 Å². The van der Waals surface area contributed by atoms with E-state index in [0.717, 1.165) is 6.07 Å². The lowest BCUT2D eigenvalue weighted by molar-refractivity contribution is 0.102. The van der Waals surface area contributed by atoms with Crippen LogP contribution in [0.1, 0.15) is 10.4 Å². The summed E-state index contributed by atoms with van der Waals surface area (Å²) in [6, 6.07) is 7.05. The van der Waals surface area contributed by atoms with Crippen molar-refractivity contribution in [2.24, 2.45) is 0 Å². The lowest BCUT2D eigenvalue weighted by Crippen LogP contribution is -2.11. The van der Waals surface area contributed by atoms with Crippen molar-refractivity contribution in [1.82, 2.24) is 4.98 Å². The molecule has 6 heteroatoms. The molecule has 0 spiro atoms. The van der Waals surface area contributed by atoms with Crippen LogP contribution in [0.2, 0.25) is 0 Å². The van der Waals surface area contributed by atoms with Crippen LogP contribution in [0.25, 0.3) is 0 Å². The first kappa shape index (κ1) is 12.4. The molecule has 1 aromatic carbocycles. The Hall–Kier alpha value is -2.08. The van der Waals surface area contributed by atoms with Crippen LogP contribution in [0.3, 0.4) is 0 Å². The van der Waals surface area contributed by atoms with Crippen LogP contribution in [-0.2, 0) is 0 Å². The first-order valence-electron chi connectivity index (χ1n) is 5.00. The summed E-state index contributed by atoms with van der Waals surface area (Å²) in [7, 11) is 0. The number of benzene rings is 1. The SMILES string of the molecule is O=C(Nc1ccc(Br)nc1)c1cc(O)cc(O)c1. The van der Waals surface area contributed by atoms with Crippen LogP contribution >= 0.6 is 15.9 Å². The van der Waals surface area contributed by atoms with E-state index in [2.05, 4.69) is 26.2 Å². The van der Waals surface area contributed by atoms with E-state index in [4.69, 9.17) is 0 Å². The third-order valence-electron chi connectivity index (χ3n) is 2.15. The van der Waals surface area contributed by atoms with Crippen molar-refractivity contribution in [3.05, 3.63) is 46.7 Å². The number of hydrogen-bond acceptors (Lipinski definition) is 4. The Morgan fingerprint density at radius 3 is 2.39 bits per heavy atom. The highest BCUT2D eigenvalue weighted by molar-refractivity contribution is 9.10. The first-order chi connectivity index (χ1) is 8.54. The molecule has 1 heterocycles. The molecule has 2 aromatic rings. The van der Waals surface area contributed by atoms with E-state index in [1.165, 1.54) is 18.3 Å². The topological polar surface area (TPSA) is 82.5 Å². The minimum absolute atomic E-state index is 0.162. The molecule has 0 atom stereocenters. The van der Waals surface area contributed by atoms with E-state index >= 15 is 0 Å². The van der Waals surface area contributed by atoms with E-state index in [0.29, 0.717) is 10.3 Å². The molecule has 3 N–H and O–H groups in total. The predicted octanol–water partition coefficient (Wildman–Crippen LogP) is 2.51. The number of aromatic hydroxyl groups is 2. The molecule has 92 valence electrons. The molecule has 0 aliphatic carbocycles. The van der Waals surface area contributed by atoms with Crippen molar-refractivity contribution < 1.29 is 15.0 Å². The molecule has 2 rings (SSSR count). The molecule has 5 nitrogen and oxygen atoms in total. The van der Waals surface area contributed by atoms with Gasteiger partial charge in [0.2, 0.25) is 0 Å². The number of phenolic OH excluding ortho intramolecular Hbond substituents is 2. The Morgan fingerprint density at radius 2 is 1.83 bits per heavy atom. The minimum atomic E-state index is -0.440. The van der Waals surface area contributed by atoms with Gasteiger partial charge in [0.25, 0.3) is 5.91 Å². The zero-order valence-electron chi connectivity index (χ0n) is 9.09. The summed E-state index contributed by atoms with van der Waals surface area (Å²) in [5.74, 6) is -0.784. The molecule has 0 saturated heterocycles. The molecular formula is C12H9BrN2O3. The van der Waals surface area contributed by atoms with Crippen molar-refractivity contribution in [3.8, 4) is 11.5 Å². The lowest BCUT2D eigenvalue weighted by atomic mass is 10.2. The maximum absolute atomic E-state index is 11.8. The van der Waals surface area contributed by atoms with Gasteiger partial charge in [0.15, 0.2) is 0 Å². The summed E-state index contributed by atoms with van der Waals surface area (Å²) >= 11 is 3.19. The minimum Gasteiger partial charge on any atom is -0.508 e. The first-order valence-corrected chi connectivity index (χ1v) is 5.80. The van der Waals surface area contributed by atoms with E-state index in [1.807, 2.05) is 0 Å². The summed E-state index contributed by atoms with van der Waals surface area (Å²) in [6.07, 6.45) is 1.49. The second kappa shape index (κ2) is 5.05. The van der Waals surface area contributed by atoms with Gasteiger partial charge in [0, 0.05) is 11.6 Å². The second-order valence-electron chi connectivity index (χ2n) is 3.56. The zero-order valence-corrected chi connectivity index (χ0v) is 10.7. The molecule has 18 heavy (non-hydrogen) atoms. The molecular weight excluding hydrogens is 300 g/mol. The fourth-order valence-corrected chi connectivity index (χ4v) is 1.61. The van der Waals surface area contributed by atoms with Crippen LogP contribution in [0.5, 0.6) is 11.5 Å². The van der Waals surface area contributed by atoms with Gasteiger partial charge in [-0.25, -0.2) is 4.98 Å². The van der Waals surface area contributed by atoms with Crippen LogP contribution in [0.15, 0.2) is 41.1 Å². The Morgan fingerprint density at radius 1 is 1.17 bits per heavy atom. The summed E-state index contributed by atoms with van der Waals surface area (Å²) in [5, 5.41) is 21.2. The van der Waals surface area contributed by atoms with Crippen LogP contribution < -0.4 is 5.32 Å². The van der Waals surface area contributed by atoms with Gasteiger partial charge in [-0.05, 0) is 40.2 Å². The fourth-order valence-electron chi connectivity index (χ4n) is 1.38. The maximum Gasteiger partial charge on any atom is 0.255 e. The monoisotopic (exact) mass is 308 g/mol. The molecule has 0 unspecified atom stereocenters. The normalized spacial score (nSPS) is 10.1. The van der Waals surface area contributed by atoms with Crippen molar-refractivity contribution in [2.45, 2.75) is 0 Å². The average molecular weight is 309 g/mol. The summed E-state index contributed by atoms with van der Waals surface area (Å²) in [6.45, 7) is 0. The number of aromatic nitrogens is 1. The lowest BCUT2D eigenvalue weighted by Gasteiger charge is -2.05. The third kappa shape index (κ3) is 2.98. The number of carbonyl (C=O) groups is 1. The van der Waals surface area contributed by atoms with E-state index in [1.54, 1.807) is 12.1 Å². The number of amides is 1. The molecule has 0 radical (unpaired) electrons. The third-order valence-corrected chi connectivity index (χ3v) is 2.62. The van der Waals surface area contributed by atoms with Crippen LogP contribution in [0, 0.1) is 0 Å². The molecule has 0 aliphatic rings. The Balaban J connectivity index is 2.19. The number of rotatable bonds is 2. The predicted molar refractivity (Wildman–Crippen MR) is 69.7 cm³/mol. The Labute approximate surface area is 111 Å². The fraction of sp³-hybridized carbons (Fsp3) is 0. The number of hydrogen-bond donors (Lipinski definition) is 3. The molecule has 1 aromatic heterocycles. The quantitative estimate of drug-likeness (QED) is 0.744. The number of phenols is 2. The van der Waals surface area contributed by atoms with Gasteiger partial charge in [-0.2, -0.15) is 0 Å². The van der Waals surface area contributed by atoms with Crippen LogP contribution in [0.4, 0.5) is 5.69 Å². The van der Waals surface area contributed by atoms with Gasteiger partial charge in [0.05, 0.1) is 11.9 Å². The van der Waals surface area contributed by atoms with Crippen molar-refractivity contribution in [1.29, 1.82) is 0 Å². The number of nitrogens with one attached hydrogen (secondary N) is 1. The summed E-state index contributed by atoms with van der Waals surface area (Å²) in [5.41, 5.74) is 0.682. The molecule has 0 fully saturated rings. The van der Waals surface area contributed by atoms with Gasteiger partial charge in [-0.3, -0.25) is 4.79 Å². The molecule has 0 aliphatic heterocycles. The summed E-state index contributed by atoms with van der Waals surface area (Å²) in [4.78, 5) is 15.8. The molecule has 0 bridgehead atoms. The smallest absolute Gasteiger partial charge is 0.255 e. The van der Waals surface area contributed by atoms with E-state index in [-0.39, 0.29) is 17.1 Å². The Bertz CT molecular complexity index is 564. The van der Waals surface area contributed by atoms with Gasteiger partial charge >= 0.3 is 0 Å². The highest BCUT2D eigenvalue weighted by Gasteiger charge is 2.09.